The van der Waals surface area contributed by atoms with E-state index in [9.17, 15) is 15.0 Å². The molecule has 0 amide bonds. The Hall–Kier alpha value is -0.690. The molecule has 1 heterocycles. The molecule has 21 heavy (non-hydrogen) atoms. The second-order valence-electron chi connectivity index (χ2n) is 5.83. The molecular weight excluding hydrogens is 276 g/mol. The monoisotopic (exact) mass is 304 g/mol. The maximum atomic E-state index is 10.3. The summed E-state index contributed by atoms with van der Waals surface area (Å²) in [4.78, 5) is 10.3. The molecule has 124 valence electrons. The number of aliphatic hydroxyl groups excluding tert-OH is 3. The topological polar surface area (TPSA) is 107 Å². The summed E-state index contributed by atoms with van der Waals surface area (Å²) in [6.45, 7) is -0.279. The van der Waals surface area contributed by atoms with Crippen LogP contribution in [-0.2, 0) is 9.53 Å². The number of aliphatic carboxylic acids is 1. The van der Waals surface area contributed by atoms with Crippen LogP contribution in [0.25, 0.3) is 0 Å². The van der Waals surface area contributed by atoms with E-state index in [2.05, 4.69) is 0 Å². The van der Waals surface area contributed by atoms with Crippen LogP contribution in [0.2, 0.25) is 0 Å². The number of hydrogen-bond acceptors (Lipinski definition) is 5. The minimum atomic E-state index is -1.000. The SMILES string of the molecule is O=C(O)CCCCCCCC[C@H]1C[C@@H](O)[C@H](O)[C@@H](CO)O1. The normalized spacial score (nSPS) is 29.5. The molecule has 0 radical (unpaired) electrons. The molecule has 0 aromatic heterocycles. The van der Waals surface area contributed by atoms with E-state index < -0.39 is 24.3 Å². The van der Waals surface area contributed by atoms with Crippen molar-refractivity contribution in [2.75, 3.05) is 6.61 Å². The Bertz CT molecular complexity index is 296. The van der Waals surface area contributed by atoms with Crippen LogP contribution in [0.3, 0.4) is 0 Å². The minimum absolute atomic E-state index is 0.104. The quantitative estimate of drug-likeness (QED) is 0.450. The molecule has 1 fully saturated rings. The fourth-order valence-corrected chi connectivity index (χ4v) is 2.73. The summed E-state index contributed by atoms with van der Waals surface area (Å²) in [5.74, 6) is -0.733. The first-order valence-electron chi connectivity index (χ1n) is 7.88. The second kappa shape index (κ2) is 10.1. The maximum absolute atomic E-state index is 10.3. The molecule has 0 unspecified atom stereocenters. The van der Waals surface area contributed by atoms with Crippen molar-refractivity contribution >= 4 is 5.97 Å². The summed E-state index contributed by atoms with van der Waals surface area (Å²) in [7, 11) is 0. The molecule has 1 aliphatic rings. The van der Waals surface area contributed by atoms with Gasteiger partial charge in [0.25, 0.3) is 0 Å². The average molecular weight is 304 g/mol. The molecule has 4 N–H and O–H groups in total. The third-order valence-corrected chi connectivity index (χ3v) is 3.99. The third-order valence-electron chi connectivity index (χ3n) is 3.99. The number of aliphatic hydroxyl groups is 3. The fraction of sp³-hybridized carbons (Fsp3) is 0.933. The Morgan fingerprint density at radius 2 is 1.67 bits per heavy atom. The van der Waals surface area contributed by atoms with E-state index >= 15 is 0 Å². The van der Waals surface area contributed by atoms with E-state index in [-0.39, 0.29) is 19.1 Å². The fourth-order valence-electron chi connectivity index (χ4n) is 2.73. The van der Waals surface area contributed by atoms with E-state index in [1.807, 2.05) is 0 Å². The zero-order chi connectivity index (χ0) is 15.7. The molecule has 0 aliphatic carbocycles. The smallest absolute Gasteiger partial charge is 0.303 e. The van der Waals surface area contributed by atoms with Gasteiger partial charge in [-0.3, -0.25) is 4.79 Å². The lowest BCUT2D eigenvalue weighted by Crippen LogP contribution is -2.49. The zero-order valence-corrected chi connectivity index (χ0v) is 12.5. The predicted octanol–water partition coefficient (Wildman–Crippen LogP) is 1.06. The molecule has 0 aromatic rings. The van der Waals surface area contributed by atoms with E-state index in [1.54, 1.807) is 0 Å². The Balaban J connectivity index is 2.03. The first-order chi connectivity index (χ1) is 10.0. The van der Waals surface area contributed by atoms with Gasteiger partial charge in [0.05, 0.1) is 18.8 Å². The van der Waals surface area contributed by atoms with Crippen LogP contribution in [0.1, 0.15) is 57.8 Å². The molecular formula is C15H28O6. The first-order valence-corrected chi connectivity index (χ1v) is 7.88. The van der Waals surface area contributed by atoms with Crippen molar-refractivity contribution in [1.29, 1.82) is 0 Å². The molecule has 1 rings (SSSR count). The third kappa shape index (κ3) is 7.22. The van der Waals surface area contributed by atoms with Crippen LogP contribution in [0.4, 0.5) is 0 Å². The zero-order valence-electron chi connectivity index (χ0n) is 12.5. The number of carboxylic acid groups (broad SMARTS) is 1. The predicted molar refractivity (Wildman–Crippen MR) is 76.9 cm³/mol. The molecule has 0 spiro atoms. The van der Waals surface area contributed by atoms with Crippen LogP contribution < -0.4 is 0 Å². The van der Waals surface area contributed by atoms with Crippen LogP contribution in [0, 0.1) is 0 Å². The lowest BCUT2D eigenvalue weighted by atomic mass is 9.95. The van der Waals surface area contributed by atoms with Gasteiger partial charge in [0.15, 0.2) is 0 Å². The highest BCUT2D eigenvalue weighted by atomic mass is 16.5. The minimum Gasteiger partial charge on any atom is -0.481 e. The lowest BCUT2D eigenvalue weighted by molar-refractivity contribution is -0.181. The van der Waals surface area contributed by atoms with Crippen LogP contribution >= 0.6 is 0 Å². The van der Waals surface area contributed by atoms with Crippen molar-refractivity contribution in [2.24, 2.45) is 0 Å². The molecule has 6 heteroatoms. The molecule has 4 atom stereocenters. The Morgan fingerprint density at radius 1 is 1.05 bits per heavy atom. The van der Waals surface area contributed by atoms with Gasteiger partial charge in [0.2, 0.25) is 0 Å². The summed E-state index contributed by atoms with van der Waals surface area (Å²) in [6, 6.07) is 0. The molecule has 1 saturated heterocycles. The molecule has 0 saturated carbocycles. The van der Waals surface area contributed by atoms with Gasteiger partial charge < -0.3 is 25.2 Å². The number of rotatable bonds is 10. The largest absolute Gasteiger partial charge is 0.481 e. The van der Waals surface area contributed by atoms with Crippen molar-refractivity contribution in [3.8, 4) is 0 Å². The number of unbranched alkanes of at least 4 members (excludes halogenated alkanes) is 5. The van der Waals surface area contributed by atoms with Crippen LogP contribution in [-0.4, -0.2) is 57.4 Å². The number of carbonyl (C=O) groups is 1. The van der Waals surface area contributed by atoms with Crippen molar-refractivity contribution < 1.29 is 30.0 Å². The van der Waals surface area contributed by atoms with Crippen molar-refractivity contribution in [3.05, 3.63) is 0 Å². The van der Waals surface area contributed by atoms with Crippen LogP contribution in [0.15, 0.2) is 0 Å². The lowest BCUT2D eigenvalue weighted by Gasteiger charge is -2.36. The van der Waals surface area contributed by atoms with Gasteiger partial charge in [0.1, 0.15) is 12.2 Å². The Labute approximate surface area is 125 Å². The number of hydrogen-bond donors (Lipinski definition) is 4. The summed E-state index contributed by atoms with van der Waals surface area (Å²) in [5, 5.41) is 36.9. The Kier molecular flexibility index (Phi) is 8.84. The second-order valence-corrected chi connectivity index (χ2v) is 5.83. The van der Waals surface area contributed by atoms with E-state index in [0.29, 0.717) is 6.42 Å². The summed E-state index contributed by atoms with van der Waals surface area (Å²) in [5.41, 5.74) is 0. The highest BCUT2D eigenvalue weighted by Gasteiger charge is 2.35. The summed E-state index contributed by atoms with van der Waals surface area (Å²) in [6.07, 6.45) is 4.69. The highest BCUT2D eigenvalue weighted by Crippen LogP contribution is 2.24. The standard InChI is InChI=1S/C15H28O6/c16-10-13-15(20)12(17)9-11(21-13)7-5-3-1-2-4-6-8-14(18)19/h11-13,15-17,20H,1-10H2,(H,18,19)/t11-,12+,13+,15-/m0/s1. The van der Waals surface area contributed by atoms with Gasteiger partial charge in [-0.05, 0) is 12.8 Å². The summed E-state index contributed by atoms with van der Waals surface area (Å²) >= 11 is 0. The van der Waals surface area contributed by atoms with Gasteiger partial charge in [-0.2, -0.15) is 0 Å². The number of carboxylic acids is 1. The van der Waals surface area contributed by atoms with Gasteiger partial charge in [-0.25, -0.2) is 0 Å². The van der Waals surface area contributed by atoms with Gasteiger partial charge in [-0.15, -0.1) is 0 Å². The van der Waals surface area contributed by atoms with Gasteiger partial charge >= 0.3 is 5.97 Å². The van der Waals surface area contributed by atoms with E-state index in [1.165, 1.54) is 0 Å². The highest BCUT2D eigenvalue weighted by molar-refractivity contribution is 5.66. The van der Waals surface area contributed by atoms with Crippen molar-refractivity contribution in [1.82, 2.24) is 0 Å². The number of ether oxygens (including phenoxy) is 1. The maximum Gasteiger partial charge on any atom is 0.303 e. The van der Waals surface area contributed by atoms with Gasteiger partial charge in [-0.1, -0.05) is 32.1 Å². The van der Waals surface area contributed by atoms with E-state index in [0.717, 1.165) is 44.9 Å². The Morgan fingerprint density at radius 3 is 2.29 bits per heavy atom. The van der Waals surface area contributed by atoms with Crippen LogP contribution in [0.5, 0.6) is 0 Å². The molecule has 0 aromatic carbocycles. The van der Waals surface area contributed by atoms with Gasteiger partial charge in [0, 0.05) is 12.8 Å². The van der Waals surface area contributed by atoms with Crippen molar-refractivity contribution in [3.63, 3.8) is 0 Å². The summed E-state index contributed by atoms with van der Waals surface area (Å²) < 4.78 is 5.56. The molecule has 1 aliphatic heterocycles. The first kappa shape index (κ1) is 18.4. The average Bonchev–Trinajstić information content (AvgIpc) is 2.44. The van der Waals surface area contributed by atoms with E-state index in [4.69, 9.17) is 14.9 Å². The molecule has 0 bridgehead atoms. The van der Waals surface area contributed by atoms with Crippen molar-refractivity contribution in [2.45, 2.75) is 82.2 Å². The molecule has 6 nitrogen and oxygen atoms in total.